The number of hydrogen-bond acceptors (Lipinski definition) is 5. The van der Waals surface area contributed by atoms with E-state index in [1.54, 1.807) is 10.7 Å². The number of nitrogens with one attached hydrogen (secondary N) is 2. The van der Waals surface area contributed by atoms with Crippen molar-refractivity contribution in [3.63, 3.8) is 0 Å². The first-order valence-electron chi connectivity index (χ1n) is 10.0. The summed E-state index contributed by atoms with van der Waals surface area (Å²) in [4.78, 5) is 17.0. The quantitative estimate of drug-likeness (QED) is 0.276. The zero-order chi connectivity index (χ0) is 20.7. The number of benzene rings is 1. The molecule has 30 heavy (non-hydrogen) atoms. The van der Waals surface area contributed by atoms with Crippen LogP contribution in [0.4, 0.5) is 5.69 Å². The van der Waals surface area contributed by atoms with E-state index >= 15 is 0 Å². The molecule has 2 N–H and O–H groups in total. The molecule has 3 aromatic rings. The summed E-state index contributed by atoms with van der Waals surface area (Å²) in [6.45, 7) is 2.80. The van der Waals surface area contributed by atoms with Crippen molar-refractivity contribution in [3.05, 3.63) is 46.7 Å². The van der Waals surface area contributed by atoms with E-state index < -0.39 is 0 Å². The second-order valence-corrected chi connectivity index (χ2v) is 10.6. The number of fused-ring (bicyclic) bond motifs is 1. The maximum atomic E-state index is 12.4. The van der Waals surface area contributed by atoms with Gasteiger partial charge >= 0.3 is 178 Å². The van der Waals surface area contributed by atoms with Crippen molar-refractivity contribution < 1.29 is 31.0 Å². The molecule has 9 heteroatoms. The SMILES string of the molecule is Cc1cc(-c2cnc3c(N[I-]C4CCCO4)cc(Cl)nn23)ccc1C(=O)NC1CC1. The summed E-state index contributed by atoms with van der Waals surface area (Å²) in [5.74, 6) is -0.00888. The first-order chi connectivity index (χ1) is 14.6. The minimum atomic E-state index is -0.367. The van der Waals surface area contributed by atoms with E-state index in [9.17, 15) is 4.79 Å². The van der Waals surface area contributed by atoms with Gasteiger partial charge in [-0.05, 0) is 12.8 Å². The third-order valence-electron chi connectivity index (χ3n) is 5.27. The molecule has 2 aliphatic rings. The first kappa shape index (κ1) is 20.0. The topological polar surface area (TPSA) is 80.6 Å². The van der Waals surface area contributed by atoms with E-state index in [1.165, 1.54) is 0 Å². The summed E-state index contributed by atoms with van der Waals surface area (Å²) in [6, 6.07) is 7.96. The minimum absolute atomic E-state index is 0.00888. The number of aromatic nitrogens is 3. The number of anilines is 1. The van der Waals surface area contributed by atoms with Gasteiger partial charge in [-0.3, -0.25) is 0 Å². The van der Waals surface area contributed by atoms with Crippen molar-refractivity contribution in [2.24, 2.45) is 0 Å². The molecule has 1 saturated heterocycles. The van der Waals surface area contributed by atoms with Crippen LogP contribution in [0.2, 0.25) is 5.15 Å². The van der Waals surface area contributed by atoms with Gasteiger partial charge in [-0.2, -0.15) is 0 Å². The molecular weight excluding hydrogens is 517 g/mol. The summed E-state index contributed by atoms with van der Waals surface area (Å²) in [5.41, 5.74) is 5.02. The van der Waals surface area contributed by atoms with Gasteiger partial charge in [-0.1, -0.05) is 0 Å². The molecule has 5 rings (SSSR count). The molecule has 0 radical (unpaired) electrons. The Balaban J connectivity index is 1.44. The van der Waals surface area contributed by atoms with E-state index in [0.717, 1.165) is 60.4 Å². The number of carbonyl (C=O) groups excluding carboxylic acids is 1. The third kappa shape index (κ3) is 4.13. The molecule has 2 fully saturated rings. The Morgan fingerprint density at radius 2 is 2.17 bits per heavy atom. The van der Waals surface area contributed by atoms with Crippen molar-refractivity contribution in [1.29, 1.82) is 0 Å². The monoisotopic (exact) mass is 538 g/mol. The molecule has 1 aliphatic heterocycles. The molecule has 158 valence electrons. The second-order valence-electron chi connectivity index (χ2n) is 7.66. The van der Waals surface area contributed by atoms with Crippen LogP contribution < -0.4 is 30.3 Å². The molecule has 2 aromatic heterocycles. The summed E-state index contributed by atoms with van der Waals surface area (Å²) in [6.07, 6.45) is 6.17. The molecule has 0 bridgehead atoms. The van der Waals surface area contributed by atoms with Crippen LogP contribution in [-0.4, -0.2) is 37.3 Å². The standard InChI is InChI=1S/C21H22ClIN5O2/c1-12-9-13(4-7-15(12)21(29)25-14-5-6-14)17-11-24-20-16(10-18(22)27-28(17)20)26-23-19-3-2-8-30-19/h4,7,9-11,14,19,26H,2-3,5-6,8H2,1H3,(H,25,29)/q-1. The molecular formula is C21H22ClIN5O2-. The zero-order valence-corrected chi connectivity index (χ0v) is 19.4. The van der Waals surface area contributed by atoms with Gasteiger partial charge in [0.2, 0.25) is 0 Å². The summed E-state index contributed by atoms with van der Waals surface area (Å²) >= 11 is 5.95. The molecule has 1 aliphatic carbocycles. The van der Waals surface area contributed by atoms with Gasteiger partial charge in [-0.15, -0.1) is 0 Å². The number of ether oxygens (including phenoxy) is 1. The summed E-state index contributed by atoms with van der Waals surface area (Å²) in [7, 11) is 0. The maximum absolute atomic E-state index is 12.4. The Labute approximate surface area is 190 Å². The Kier molecular flexibility index (Phi) is 5.55. The normalized spacial score (nSPS) is 18.8. The Morgan fingerprint density at radius 1 is 1.30 bits per heavy atom. The van der Waals surface area contributed by atoms with Crippen molar-refractivity contribution >= 4 is 28.8 Å². The van der Waals surface area contributed by atoms with Crippen LogP contribution in [-0.2, 0) is 4.74 Å². The Morgan fingerprint density at radius 3 is 2.90 bits per heavy atom. The number of halogens is 2. The third-order valence-corrected chi connectivity index (χ3v) is 8.02. The van der Waals surface area contributed by atoms with Gasteiger partial charge in [0.05, 0.1) is 0 Å². The van der Waals surface area contributed by atoms with Crippen LogP contribution >= 0.6 is 11.6 Å². The van der Waals surface area contributed by atoms with Crippen LogP contribution in [0, 0.1) is 6.92 Å². The fourth-order valence-corrected chi connectivity index (χ4v) is 5.97. The molecule has 1 amide bonds. The smallest absolute Gasteiger partial charge is 0.0308 e. The van der Waals surface area contributed by atoms with E-state index in [1.807, 2.05) is 31.2 Å². The Hall–Kier alpha value is -1.91. The molecule has 7 nitrogen and oxygen atoms in total. The van der Waals surface area contributed by atoms with Crippen LogP contribution in [0.1, 0.15) is 41.6 Å². The minimum Gasteiger partial charge on any atom is -0.0308 e. The van der Waals surface area contributed by atoms with Gasteiger partial charge in [0.1, 0.15) is 0 Å². The number of nitrogens with zero attached hydrogens (tertiary/aromatic N) is 3. The van der Waals surface area contributed by atoms with Gasteiger partial charge in [0.25, 0.3) is 0 Å². The van der Waals surface area contributed by atoms with Crippen LogP contribution in [0.5, 0.6) is 0 Å². The molecule has 1 unspecified atom stereocenters. The molecule has 3 heterocycles. The van der Waals surface area contributed by atoms with E-state index in [-0.39, 0.29) is 27.4 Å². The van der Waals surface area contributed by atoms with Gasteiger partial charge in [-0.25, -0.2) is 0 Å². The van der Waals surface area contributed by atoms with Crippen molar-refractivity contribution in [3.8, 4) is 11.3 Å². The molecule has 1 aromatic carbocycles. The fraction of sp³-hybridized carbons (Fsp3) is 0.381. The predicted molar refractivity (Wildman–Crippen MR) is 111 cm³/mol. The molecule has 1 atom stereocenters. The summed E-state index contributed by atoms with van der Waals surface area (Å²) < 4.78 is 11.3. The van der Waals surface area contributed by atoms with Crippen molar-refractivity contribution in [1.82, 2.24) is 19.9 Å². The fourth-order valence-electron chi connectivity index (χ4n) is 3.52. The number of carbonyl (C=O) groups is 1. The number of amides is 1. The zero-order valence-electron chi connectivity index (χ0n) is 16.5. The second kappa shape index (κ2) is 8.32. The number of hydrogen-bond donors (Lipinski definition) is 2. The van der Waals surface area contributed by atoms with E-state index in [2.05, 4.69) is 18.9 Å². The first-order valence-corrected chi connectivity index (χ1v) is 12.7. The van der Waals surface area contributed by atoms with E-state index in [4.69, 9.17) is 16.3 Å². The number of imidazole rings is 1. The predicted octanol–water partition coefficient (Wildman–Crippen LogP) is 0.803. The van der Waals surface area contributed by atoms with Crippen LogP contribution in [0.3, 0.4) is 0 Å². The average Bonchev–Trinajstić information content (AvgIpc) is 3.21. The van der Waals surface area contributed by atoms with Crippen molar-refractivity contribution in [2.45, 2.75) is 42.8 Å². The number of alkyl halides is 1. The average molecular weight is 539 g/mol. The van der Waals surface area contributed by atoms with E-state index in [0.29, 0.717) is 20.9 Å². The molecule has 0 spiro atoms. The number of rotatable bonds is 6. The van der Waals surface area contributed by atoms with Gasteiger partial charge in [0.15, 0.2) is 0 Å². The summed E-state index contributed by atoms with van der Waals surface area (Å²) in [5, 5.41) is 7.91. The van der Waals surface area contributed by atoms with Gasteiger partial charge in [0, 0.05) is 0 Å². The van der Waals surface area contributed by atoms with Crippen LogP contribution in [0.25, 0.3) is 16.9 Å². The van der Waals surface area contributed by atoms with Gasteiger partial charge < -0.3 is 0 Å². The Bertz CT molecular complexity index is 1110. The number of aryl methyl sites for hydroxylation is 1. The molecule has 1 saturated carbocycles. The van der Waals surface area contributed by atoms with Crippen LogP contribution in [0.15, 0.2) is 30.5 Å². The van der Waals surface area contributed by atoms with Crippen molar-refractivity contribution in [2.75, 3.05) is 10.1 Å².